The molecule has 0 aromatic carbocycles. The van der Waals surface area contributed by atoms with Crippen molar-refractivity contribution in [2.75, 3.05) is 5.32 Å². The van der Waals surface area contributed by atoms with Gasteiger partial charge in [-0.25, -0.2) is 4.99 Å². The number of amides is 1. The van der Waals surface area contributed by atoms with Crippen LogP contribution in [0, 0.1) is 13.8 Å². The molecule has 0 aliphatic heterocycles. The predicted octanol–water partition coefficient (Wildman–Crippen LogP) is 3.24. The van der Waals surface area contributed by atoms with Gasteiger partial charge in [-0.3, -0.25) is 15.2 Å². The van der Waals surface area contributed by atoms with Crippen LogP contribution >= 0.6 is 0 Å². The summed E-state index contributed by atoms with van der Waals surface area (Å²) >= 11 is 0. The van der Waals surface area contributed by atoms with E-state index in [1.165, 1.54) is 6.92 Å². The monoisotopic (exact) mass is 357 g/mol. The second-order valence-corrected chi connectivity index (χ2v) is 5.68. The van der Waals surface area contributed by atoms with Crippen molar-refractivity contribution < 1.29 is 22.4 Å². The van der Waals surface area contributed by atoms with Crippen molar-refractivity contribution in [2.45, 2.75) is 39.9 Å². The number of anilines is 1. The Morgan fingerprint density at radius 3 is 2.52 bits per heavy atom. The van der Waals surface area contributed by atoms with Gasteiger partial charge in [0.15, 0.2) is 5.82 Å². The molecule has 0 atom stereocenters. The van der Waals surface area contributed by atoms with Crippen molar-refractivity contribution in [3.63, 3.8) is 0 Å². The number of halogens is 3. The van der Waals surface area contributed by atoms with Crippen molar-refractivity contribution in [1.82, 2.24) is 15.5 Å². The lowest BCUT2D eigenvalue weighted by molar-refractivity contribution is -0.153. The van der Waals surface area contributed by atoms with Crippen LogP contribution < -0.4 is 10.6 Å². The van der Waals surface area contributed by atoms with Crippen molar-refractivity contribution in [1.29, 1.82) is 0 Å². The van der Waals surface area contributed by atoms with Gasteiger partial charge in [0.05, 0.1) is 5.56 Å². The number of H-pyrrole nitrogens is 1. The topological polar surface area (TPSA) is 95.3 Å². The molecule has 1 amide bonds. The number of carbonyl (C=O) groups excluding carboxylic acids is 1. The van der Waals surface area contributed by atoms with Gasteiger partial charge in [0.2, 0.25) is 11.7 Å². The Hall–Kier alpha value is -2.78. The van der Waals surface area contributed by atoms with E-state index < -0.39 is 23.4 Å². The number of nitrogens with one attached hydrogen (secondary N) is 3. The Labute approximate surface area is 141 Å². The van der Waals surface area contributed by atoms with E-state index in [1.807, 2.05) is 0 Å². The second-order valence-electron chi connectivity index (χ2n) is 5.68. The molecule has 3 N–H and O–H groups in total. The van der Waals surface area contributed by atoms with Gasteiger partial charge in [0, 0.05) is 17.8 Å². The average Bonchev–Trinajstić information content (AvgIpc) is 3.03. The van der Waals surface area contributed by atoms with Crippen LogP contribution in [0.25, 0.3) is 0 Å². The summed E-state index contributed by atoms with van der Waals surface area (Å²) in [6.45, 7) is 6.62. The van der Waals surface area contributed by atoms with Crippen LogP contribution in [0.5, 0.6) is 0 Å². The maximum Gasteiger partial charge on any atom is 0.450 e. The first-order valence-corrected chi connectivity index (χ1v) is 7.42. The van der Waals surface area contributed by atoms with Crippen LogP contribution in [-0.2, 0) is 6.18 Å². The molecule has 25 heavy (non-hydrogen) atoms. The summed E-state index contributed by atoms with van der Waals surface area (Å²) in [4.78, 5) is 16.4. The molecule has 10 heteroatoms. The van der Waals surface area contributed by atoms with Gasteiger partial charge in [-0.15, -0.1) is 0 Å². The smallest absolute Gasteiger partial charge is 0.450 e. The van der Waals surface area contributed by atoms with Crippen LogP contribution in [0.1, 0.15) is 41.4 Å². The number of nitrogens with zero attached hydrogens (tertiary/aromatic N) is 2. The van der Waals surface area contributed by atoms with Crippen LogP contribution in [0.15, 0.2) is 21.5 Å². The number of furan rings is 1. The molecule has 2 rings (SSSR count). The minimum Gasteiger partial charge on any atom is -0.456 e. The molecule has 0 saturated carbocycles. The molecule has 7 nitrogen and oxygen atoms in total. The summed E-state index contributed by atoms with van der Waals surface area (Å²) in [6, 6.07) is 2.48. The number of hydrogen-bond donors (Lipinski definition) is 3. The minimum atomic E-state index is -4.77. The molecule has 2 heterocycles. The number of hydrogen-bond acceptors (Lipinski definition) is 4. The molecule has 0 aliphatic carbocycles. The molecular weight excluding hydrogens is 339 g/mol. The maximum absolute atomic E-state index is 13.0. The quantitative estimate of drug-likeness (QED) is 0.580. The molecule has 0 fully saturated rings. The number of carbonyl (C=O) groups is 1. The lowest BCUT2D eigenvalue weighted by Crippen LogP contribution is -2.37. The molecule has 2 aromatic rings. The number of aryl methyl sites for hydroxylation is 2. The highest BCUT2D eigenvalue weighted by atomic mass is 19.4. The SMILES string of the molecule is Cc1cc(NC(=NC(C)C)NC(=O)c2cc(C)oc2C(F)(F)F)n[nH]1. The lowest BCUT2D eigenvalue weighted by atomic mass is 10.2. The standard InChI is InChI=1S/C15H18F3N5O2/c1-7(2)19-14(20-11-5-8(3)22-23-11)21-13(24)10-6-9(4)25-12(10)15(16,17)18/h5-7H,1-4H3,(H3,19,20,21,22,23,24). The van der Waals surface area contributed by atoms with Gasteiger partial charge in [-0.2, -0.15) is 18.3 Å². The highest BCUT2D eigenvalue weighted by Gasteiger charge is 2.40. The van der Waals surface area contributed by atoms with Gasteiger partial charge in [-0.05, 0) is 33.8 Å². The van der Waals surface area contributed by atoms with Gasteiger partial charge in [0.1, 0.15) is 5.76 Å². The summed E-state index contributed by atoms with van der Waals surface area (Å²) < 4.78 is 43.6. The fourth-order valence-electron chi connectivity index (χ4n) is 2.03. The van der Waals surface area contributed by atoms with E-state index in [0.717, 1.165) is 11.8 Å². The number of alkyl halides is 3. The van der Waals surface area contributed by atoms with Crippen LogP contribution in [0.4, 0.5) is 19.0 Å². The van der Waals surface area contributed by atoms with E-state index in [2.05, 4.69) is 30.2 Å². The summed E-state index contributed by atoms with van der Waals surface area (Å²) in [6.07, 6.45) is -4.77. The first-order chi connectivity index (χ1) is 11.6. The van der Waals surface area contributed by atoms with Crippen molar-refractivity contribution in [3.05, 3.63) is 34.9 Å². The number of guanidine groups is 1. The molecule has 0 bridgehead atoms. The Balaban J connectivity index is 2.26. The number of aliphatic imine (C=N–C) groups is 1. The van der Waals surface area contributed by atoms with Crippen LogP contribution in [0.2, 0.25) is 0 Å². The third kappa shape index (κ3) is 4.85. The Morgan fingerprint density at radius 1 is 1.32 bits per heavy atom. The zero-order valence-electron chi connectivity index (χ0n) is 14.1. The normalized spacial score (nSPS) is 12.6. The van der Waals surface area contributed by atoms with E-state index in [-0.39, 0.29) is 17.8 Å². The molecule has 0 aliphatic rings. The molecule has 0 radical (unpaired) electrons. The summed E-state index contributed by atoms with van der Waals surface area (Å²) in [7, 11) is 0. The zero-order chi connectivity index (χ0) is 18.8. The predicted molar refractivity (Wildman–Crippen MR) is 85.4 cm³/mol. The third-order valence-electron chi connectivity index (χ3n) is 2.93. The van der Waals surface area contributed by atoms with E-state index in [1.54, 1.807) is 26.8 Å². The van der Waals surface area contributed by atoms with E-state index >= 15 is 0 Å². The van der Waals surface area contributed by atoms with Crippen molar-refractivity contribution in [3.8, 4) is 0 Å². The van der Waals surface area contributed by atoms with Crippen LogP contribution in [0.3, 0.4) is 0 Å². The van der Waals surface area contributed by atoms with E-state index in [9.17, 15) is 18.0 Å². The fourth-order valence-corrected chi connectivity index (χ4v) is 2.03. The first kappa shape index (κ1) is 18.6. The molecule has 0 unspecified atom stereocenters. The molecular formula is C15H18F3N5O2. The zero-order valence-corrected chi connectivity index (χ0v) is 14.1. The van der Waals surface area contributed by atoms with E-state index in [4.69, 9.17) is 0 Å². The highest BCUT2D eigenvalue weighted by Crippen LogP contribution is 2.34. The van der Waals surface area contributed by atoms with E-state index in [0.29, 0.717) is 5.82 Å². The van der Waals surface area contributed by atoms with Gasteiger partial charge in [0.25, 0.3) is 5.91 Å². The highest BCUT2D eigenvalue weighted by molar-refractivity contribution is 6.10. The fraction of sp³-hybridized carbons (Fsp3) is 0.400. The Morgan fingerprint density at radius 2 is 2.00 bits per heavy atom. The third-order valence-corrected chi connectivity index (χ3v) is 2.93. The maximum atomic E-state index is 13.0. The lowest BCUT2D eigenvalue weighted by Gasteiger charge is -2.11. The number of rotatable bonds is 3. The van der Waals surface area contributed by atoms with Crippen molar-refractivity contribution >= 4 is 17.7 Å². The first-order valence-electron chi connectivity index (χ1n) is 7.42. The van der Waals surface area contributed by atoms with Gasteiger partial charge >= 0.3 is 6.18 Å². The summed E-state index contributed by atoms with van der Waals surface area (Å²) in [5.74, 6) is -1.99. The second kappa shape index (κ2) is 6.99. The van der Waals surface area contributed by atoms with Gasteiger partial charge < -0.3 is 9.73 Å². The van der Waals surface area contributed by atoms with Crippen molar-refractivity contribution in [2.24, 2.45) is 4.99 Å². The Bertz CT molecular complexity index is 789. The summed E-state index contributed by atoms with van der Waals surface area (Å²) in [5, 5.41) is 11.7. The largest absolute Gasteiger partial charge is 0.456 e. The molecule has 2 aromatic heterocycles. The van der Waals surface area contributed by atoms with Crippen LogP contribution in [-0.4, -0.2) is 28.1 Å². The molecule has 0 spiro atoms. The Kier molecular flexibility index (Phi) is 5.19. The number of aromatic amines is 1. The summed E-state index contributed by atoms with van der Waals surface area (Å²) in [5.41, 5.74) is 0.156. The molecule has 136 valence electrons. The average molecular weight is 357 g/mol. The number of aromatic nitrogens is 2. The van der Waals surface area contributed by atoms with Gasteiger partial charge in [-0.1, -0.05) is 0 Å². The minimum absolute atomic E-state index is 0.0153. The molecule has 0 saturated heterocycles.